The van der Waals surface area contributed by atoms with E-state index in [-0.39, 0.29) is 23.0 Å². The molecule has 0 aromatic heterocycles. The van der Waals surface area contributed by atoms with Crippen LogP contribution in [-0.2, 0) is 4.79 Å². The molecule has 114 valence electrons. The number of para-hydroxylation sites is 1. The fraction of sp³-hybridized carbons (Fsp3) is 0.125. The molecule has 22 heavy (non-hydrogen) atoms. The van der Waals surface area contributed by atoms with Gasteiger partial charge in [-0.05, 0) is 30.3 Å². The zero-order chi connectivity index (χ0) is 16.1. The molecule has 0 spiro atoms. The number of carbonyl (C=O) groups excluding carboxylic acids is 2. The number of carbonyl (C=O) groups is 2. The number of methoxy groups -OCH3 is 1. The second kappa shape index (κ2) is 6.62. The van der Waals surface area contributed by atoms with Gasteiger partial charge in [0, 0.05) is 18.3 Å². The SMILES string of the molecule is COc1cccc(C(=O)Nc2cccc(NC(C)=O)c2)c1O. The lowest BCUT2D eigenvalue weighted by molar-refractivity contribution is -0.114. The van der Waals surface area contributed by atoms with Crippen molar-refractivity contribution in [3.8, 4) is 11.5 Å². The first-order chi connectivity index (χ1) is 10.5. The van der Waals surface area contributed by atoms with E-state index in [1.165, 1.54) is 20.1 Å². The normalized spacial score (nSPS) is 9.91. The summed E-state index contributed by atoms with van der Waals surface area (Å²) >= 11 is 0. The third-order valence-electron chi connectivity index (χ3n) is 2.90. The van der Waals surface area contributed by atoms with E-state index in [0.717, 1.165) is 0 Å². The highest BCUT2D eigenvalue weighted by Gasteiger charge is 2.15. The maximum absolute atomic E-state index is 12.2. The largest absolute Gasteiger partial charge is 0.504 e. The number of benzene rings is 2. The summed E-state index contributed by atoms with van der Waals surface area (Å²) in [5.41, 5.74) is 1.17. The Kier molecular flexibility index (Phi) is 4.63. The average Bonchev–Trinajstić information content (AvgIpc) is 2.47. The van der Waals surface area contributed by atoms with Crippen molar-refractivity contribution in [3.05, 3.63) is 48.0 Å². The van der Waals surface area contributed by atoms with Crippen LogP contribution in [0.5, 0.6) is 11.5 Å². The number of phenolic OH excluding ortho intramolecular Hbond substituents is 1. The van der Waals surface area contributed by atoms with Gasteiger partial charge in [0.2, 0.25) is 5.91 Å². The highest BCUT2D eigenvalue weighted by molar-refractivity contribution is 6.07. The molecule has 2 amide bonds. The fourth-order valence-electron chi connectivity index (χ4n) is 1.95. The zero-order valence-electron chi connectivity index (χ0n) is 12.2. The molecule has 6 nitrogen and oxygen atoms in total. The topological polar surface area (TPSA) is 87.7 Å². The summed E-state index contributed by atoms with van der Waals surface area (Å²) in [6.45, 7) is 1.40. The maximum atomic E-state index is 12.2. The summed E-state index contributed by atoms with van der Waals surface area (Å²) < 4.78 is 4.97. The van der Waals surface area contributed by atoms with Gasteiger partial charge in [-0.1, -0.05) is 12.1 Å². The van der Waals surface area contributed by atoms with E-state index in [2.05, 4.69) is 10.6 Å². The summed E-state index contributed by atoms with van der Waals surface area (Å²) in [6, 6.07) is 11.4. The van der Waals surface area contributed by atoms with Crippen LogP contribution in [0.4, 0.5) is 11.4 Å². The number of hydrogen-bond acceptors (Lipinski definition) is 4. The van der Waals surface area contributed by atoms with Gasteiger partial charge in [0.05, 0.1) is 12.7 Å². The van der Waals surface area contributed by atoms with Crippen molar-refractivity contribution in [2.45, 2.75) is 6.92 Å². The van der Waals surface area contributed by atoms with Crippen molar-refractivity contribution < 1.29 is 19.4 Å². The van der Waals surface area contributed by atoms with Crippen molar-refractivity contribution >= 4 is 23.2 Å². The highest BCUT2D eigenvalue weighted by Crippen LogP contribution is 2.30. The molecule has 0 aliphatic heterocycles. The van der Waals surface area contributed by atoms with E-state index < -0.39 is 5.91 Å². The van der Waals surface area contributed by atoms with Crippen molar-refractivity contribution in [3.63, 3.8) is 0 Å². The Morgan fingerprint density at radius 3 is 2.32 bits per heavy atom. The van der Waals surface area contributed by atoms with Crippen LogP contribution in [0.3, 0.4) is 0 Å². The lowest BCUT2D eigenvalue weighted by Crippen LogP contribution is -2.13. The molecule has 0 bridgehead atoms. The van der Waals surface area contributed by atoms with Crippen LogP contribution < -0.4 is 15.4 Å². The zero-order valence-corrected chi connectivity index (χ0v) is 12.2. The number of anilines is 2. The van der Waals surface area contributed by atoms with Gasteiger partial charge in [-0.25, -0.2) is 0 Å². The van der Waals surface area contributed by atoms with Gasteiger partial charge >= 0.3 is 0 Å². The van der Waals surface area contributed by atoms with Crippen LogP contribution in [0.25, 0.3) is 0 Å². The van der Waals surface area contributed by atoms with Crippen LogP contribution in [0.15, 0.2) is 42.5 Å². The Balaban J connectivity index is 2.20. The summed E-state index contributed by atoms with van der Waals surface area (Å²) in [4.78, 5) is 23.3. The molecule has 2 aromatic rings. The van der Waals surface area contributed by atoms with Crippen molar-refractivity contribution in [1.82, 2.24) is 0 Å². The minimum atomic E-state index is -0.476. The Morgan fingerprint density at radius 1 is 1.05 bits per heavy atom. The monoisotopic (exact) mass is 300 g/mol. The summed E-state index contributed by atoms with van der Waals surface area (Å²) in [5, 5.41) is 15.3. The van der Waals surface area contributed by atoms with Crippen LogP contribution in [0, 0.1) is 0 Å². The van der Waals surface area contributed by atoms with Gasteiger partial charge < -0.3 is 20.5 Å². The molecule has 0 radical (unpaired) electrons. The first-order valence-electron chi connectivity index (χ1n) is 6.56. The fourth-order valence-corrected chi connectivity index (χ4v) is 1.95. The third kappa shape index (κ3) is 3.54. The van der Waals surface area contributed by atoms with E-state index in [1.54, 1.807) is 36.4 Å². The smallest absolute Gasteiger partial charge is 0.259 e. The number of ether oxygens (including phenoxy) is 1. The number of hydrogen-bond donors (Lipinski definition) is 3. The second-order valence-corrected chi connectivity index (χ2v) is 4.57. The van der Waals surface area contributed by atoms with Crippen LogP contribution >= 0.6 is 0 Å². The molecule has 0 heterocycles. The molecule has 3 N–H and O–H groups in total. The van der Waals surface area contributed by atoms with Crippen LogP contribution in [0.2, 0.25) is 0 Å². The molecule has 0 saturated carbocycles. The van der Waals surface area contributed by atoms with Gasteiger partial charge in [-0.15, -0.1) is 0 Å². The van der Waals surface area contributed by atoms with Crippen LogP contribution in [0.1, 0.15) is 17.3 Å². The molecule has 2 aromatic carbocycles. The lowest BCUT2D eigenvalue weighted by atomic mass is 10.1. The van der Waals surface area contributed by atoms with Gasteiger partial charge in [-0.2, -0.15) is 0 Å². The Hall–Kier alpha value is -3.02. The van der Waals surface area contributed by atoms with E-state index in [9.17, 15) is 14.7 Å². The second-order valence-electron chi connectivity index (χ2n) is 4.57. The molecular weight excluding hydrogens is 284 g/mol. The molecule has 6 heteroatoms. The Labute approximate surface area is 127 Å². The van der Waals surface area contributed by atoms with Crippen LogP contribution in [-0.4, -0.2) is 24.0 Å². The van der Waals surface area contributed by atoms with E-state index in [1.807, 2.05) is 0 Å². The first-order valence-corrected chi connectivity index (χ1v) is 6.56. The predicted octanol–water partition coefficient (Wildman–Crippen LogP) is 2.61. The quantitative estimate of drug-likeness (QED) is 0.810. The molecule has 2 rings (SSSR count). The number of aromatic hydroxyl groups is 1. The Bertz CT molecular complexity index is 713. The minimum absolute atomic E-state index is 0.101. The highest BCUT2D eigenvalue weighted by atomic mass is 16.5. The van der Waals surface area contributed by atoms with Crippen molar-refractivity contribution in [2.75, 3.05) is 17.7 Å². The number of phenols is 1. The van der Waals surface area contributed by atoms with E-state index >= 15 is 0 Å². The van der Waals surface area contributed by atoms with Gasteiger partial charge in [0.25, 0.3) is 5.91 Å². The Morgan fingerprint density at radius 2 is 1.68 bits per heavy atom. The lowest BCUT2D eigenvalue weighted by Gasteiger charge is -2.10. The van der Waals surface area contributed by atoms with Gasteiger partial charge in [-0.3, -0.25) is 9.59 Å². The third-order valence-corrected chi connectivity index (χ3v) is 2.90. The number of rotatable bonds is 4. The number of nitrogens with one attached hydrogen (secondary N) is 2. The molecule has 0 atom stereocenters. The minimum Gasteiger partial charge on any atom is -0.504 e. The molecule has 0 saturated heterocycles. The molecule has 0 aliphatic rings. The van der Waals surface area contributed by atoms with Gasteiger partial charge in [0.15, 0.2) is 11.5 Å². The molecule has 0 fully saturated rings. The number of amides is 2. The predicted molar refractivity (Wildman–Crippen MR) is 83.4 cm³/mol. The van der Waals surface area contributed by atoms with Crippen molar-refractivity contribution in [2.24, 2.45) is 0 Å². The molecule has 0 unspecified atom stereocenters. The molecular formula is C16H16N2O4. The van der Waals surface area contributed by atoms with E-state index in [0.29, 0.717) is 11.4 Å². The maximum Gasteiger partial charge on any atom is 0.259 e. The standard InChI is InChI=1S/C16H16N2O4/c1-10(19)17-11-5-3-6-12(9-11)18-16(21)13-7-4-8-14(22-2)15(13)20/h3-9,20H,1-2H3,(H,17,19)(H,18,21). The molecule has 0 aliphatic carbocycles. The van der Waals surface area contributed by atoms with Gasteiger partial charge in [0.1, 0.15) is 0 Å². The summed E-state index contributed by atoms with van der Waals surface area (Å²) in [6.07, 6.45) is 0. The summed E-state index contributed by atoms with van der Waals surface area (Å²) in [5.74, 6) is -0.676. The van der Waals surface area contributed by atoms with Crippen molar-refractivity contribution in [1.29, 1.82) is 0 Å². The average molecular weight is 300 g/mol. The van der Waals surface area contributed by atoms with E-state index in [4.69, 9.17) is 4.74 Å². The first kappa shape index (κ1) is 15.4. The summed E-state index contributed by atoms with van der Waals surface area (Å²) in [7, 11) is 1.41.